The fourth-order valence-electron chi connectivity index (χ4n) is 2.33. The van der Waals surface area contributed by atoms with Gasteiger partial charge in [0, 0.05) is 12.5 Å². The number of rotatable bonds is 8. The Morgan fingerprint density at radius 3 is 2.90 bits per heavy atom. The van der Waals surface area contributed by atoms with Gasteiger partial charge in [-0.25, -0.2) is 4.79 Å². The standard InChI is InChI=1S/C16H22O4/c1-2-3-4-5-6-9-19-13-8-7-12-10-15(16(17)18)20-14(12)11-13/h7-8,11,15H,2-6,9-10H2,1H3,(H,17,18). The molecule has 1 unspecified atom stereocenters. The molecule has 0 saturated heterocycles. The highest BCUT2D eigenvalue weighted by atomic mass is 16.5. The summed E-state index contributed by atoms with van der Waals surface area (Å²) in [6, 6.07) is 5.58. The molecule has 1 aromatic carbocycles. The molecule has 1 N–H and O–H groups in total. The van der Waals surface area contributed by atoms with Crippen LogP contribution in [0.25, 0.3) is 0 Å². The van der Waals surface area contributed by atoms with E-state index in [0.29, 0.717) is 18.8 Å². The monoisotopic (exact) mass is 278 g/mol. The molecule has 20 heavy (non-hydrogen) atoms. The van der Waals surface area contributed by atoms with Crippen molar-refractivity contribution in [1.29, 1.82) is 0 Å². The lowest BCUT2D eigenvalue weighted by Gasteiger charge is -2.08. The first-order valence-electron chi connectivity index (χ1n) is 7.36. The summed E-state index contributed by atoms with van der Waals surface area (Å²) >= 11 is 0. The third-order valence-corrected chi connectivity index (χ3v) is 3.51. The first-order chi connectivity index (χ1) is 9.70. The van der Waals surface area contributed by atoms with E-state index in [4.69, 9.17) is 14.6 Å². The molecule has 1 aliphatic heterocycles. The van der Waals surface area contributed by atoms with Crippen LogP contribution in [0.15, 0.2) is 18.2 Å². The van der Waals surface area contributed by atoms with E-state index in [9.17, 15) is 4.79 Å². The quantitative estimate of drug-likeness (QED) is 0.740. The second kappa shape index (κ2) is 7.17. The van der Waals surface area contributed by atoms with Gasteiger partial charge in [-0.1, -0.05) is 38.7 Å². The number of ether oxygens (including phenoxy) is 2. The smallest absolute Gasteiger partial charge is 0.345 e. The fourth-order valence-corrected chi connectivity index (χ4v) is 2.33. The van der Waals surface area contributed by atoms with Crippen LogP contribution in [-0.4, -0.2) is 23.8 Å². The molecule has 1 aromatic rings. The molecule has 0 aliphatic carbocycles. The Morgan fingerprint density at radius 2 is 2.15 bits per heavy atom. The van der Waals surface area contributed by atoms with Crippen molar-refractivity contribution in [2.75, 3.05) is 6.61 Å². The summed E-state index contributed by atoms with van der Waals surface area (Å²) in [5.41, 5.74) is 0.938. The molecule has 0 bridgehead atoms. The van der Waals surface area contributed by atoms with Crippen molar-refractivity contribution in [1.82, 2.24) is 0 Å². The number of unbranched alkanes of at least 4 members (excludes halogenated alkanes) is 4. The van der Waals surface area contributed by atoms with Crippen LogP contribution in [0.2, 0.25) is 0 Å². The maximum absolute atomic E-state index is 10.9. The van der Waals surface area contributed by atoms with E-state index in [1.165, 1.54) is 25.7 Å². The lowest BCUT2D eigenvalue weighted by atomic mass is 10.1. The minimum atomic E-state index is -0.917. The number of aliphatic carboxylic acids is 1. The number of benzene rings is 1. The molecule has 110 valence electrons. The van der Waals surface area contributed by atoms with E-state index in [1.807, 2.05) is 12.1 Å². The zero-order chi connectivity index (χ0) is 14.4. The molecule has 4 heteroatoms. The van der Waals surface area contributed by atoms with E-state index in [-0.39, 0.29) is 0 Å². The molecule has 1 heterocycles. The number of hydrogen-bond donors (Lipinski definition) is 1. The van der Waals surface area contributed by atoms with Crippen molar-refractivity contribution in [3.8, 4) is 11.5 Å². The van der Waals surface area contributed by atoms with Crippen LogP contribution in [-0.2, 0) is 11.2 Å². The molecule has 0 spiro atoms. The van der Waals surface area contributed by atoms with Crippen molar-refractivity contribution in [2.45, 2.75) is 51.6 Å². The normalized spacial score (nSPS) is 16.6. The highest BCUT2D eigenvalue weighted by molar-refractivity contribution is 5.74. The van der Waals surface area contributed by atoms with Crippen LogP contribution in [0.1, 0.15) is 44.6 Å². The summed E-state index contributed by atoms with van der Waals surface area (Å²) in [6.45, 7) is 2.90. The maximum Gasteiger partial charge on any atom is 0.345 e. The third kappa shape index (κ3) is 3.89. The first-order valence-corrected chi connectivity index (χ1v) is 7.36. The number of hydrogen-bond acceptors (Lipinski definition) is 3. The molecule has 1 atom stereocenters. The van der Waals surface area contributed by atoms with Crippen LogP contribution < -0.4 is 9.47 Å². The zero-order valence-corrected chi connectivity index (χ0v) is 11.9. The predicted molar refractivity (Wildman–Crippen MR) is 76.5 cm³/mol. The van der Waals surface area contributed by atoms with Gasteiger partial charge in [-0.05, 0) is 18.1 Å². The minimum Gasteiger partial charge on any atom is -0.493 e. The van der Waals surface area contributed by atoms with Gasteiger partial charge in [-0.3, -0.25) is 0 Å². The Kier molecular flexibility index (Phi) is 5.27. The fraction of sp³-hybridized carbons (Fsp3) is 0.562. The van der Waals surface area contributed by atoms with Gasteiger partial charge in [-0.2, -0.15) is 0 Å². The average Bonchev–Trinajstić information content (AvgIpc) is 2.86. The number of carboxylic acid groups (broad SMARTS) is 1. The minimum absolute atomic E-state index is 0.433. The second-order valence-corrected chi connectivity index (χ2v) is 5.18. The number of carbonyl (C=O) groups is 1. The summed E-state index contributed by atoms with van der Waals surface area (Å²) in [4.78, 5) is 10.9. The van der Waals surface area contributed by atoms with Crippen molar-refractivity contribution < 1.29 is 19.4 Å². The molecule has 1 aliphatic rings. The van der Waals surface area contributed by atoms with Crippen molar-refractivity contribution in [3.05, 3.63) is 23.8 Å². The third-order valence-electron chi connectivity index (χ3n) is 3.51. The number of fused-ring (bicyclic) bond motifs is 1. The van der Waals surface area contributed by atoms with E-state index in [0.717, 1.165) is 17.7 Å². The van der Waals surface area contributed by atoms with Crippen LogP contribution >= 0.6 is 0 Å². The Labute approximate surface area is 119 Å². The van der Waals surface area contributed by atoms with Gasteiger partial charge in [0.15, 0.2) is 6.10 Å². The van der Waals surface area contributed by atoms with E-state index >= 15 is 0 Å². The summed E-state index contributed by atoms with van der Waals surface area (Å²) < 4.78 is 11.1. The van der Waals surface area contributed by atoms with Gasteiger partial charge in [0.05, 0.1) is 6.61 Å². The van der Waals surface area contributed by atoms with Crippen LogP contribution in [0.4, 0.5) is 0 Å². The Balaban J connectivity index is 1.78. The molecule has 0 saturated carbocycles. The summed E-state index contributed by atoms with van der Waals surface area (Å²) in [7, 11) is 0. The van der Waals surface area contributed by atoms with Crippen LogP contribution in [0.5, 0.6) is 11.5 Å². The molecule has 4 nitrogen and oxygen atoms in total. The molecule has 0 radical (unpaired) electrons. The lowest BCUT2D eigenvalue weighted by Crippen LogP contribution is -2.24. The molecular formula is C16H22O4. The van der Waals surface area contributed by atoms with Gasteiger partial charge < -0.3 is 14.6 Å². The van der Waals surface area contributed by atoms with E-state index in [1.54, 1.807) is 6.07 Å². The van der Waals surface area contributed by atoms with Gasteiger partial charge in [0.1, 0.15) is 11.5 Å². The topological polar surface area (TPSA) is 55.8 Å². The molecule has 0 aromatic heterocycles. The second-order valence-electron chi connectivity index (χ2n) is 5.18. The highest BCUT2D eigenvalue weighted by Crippen LogP contribution is 2.32. The van der Waals surface area contributed by atoms with Crippen LogP contribution in [0.3, 0.4) is 0 Å². The Morgan fingerprint density at radius 1 is 1.35 bits per heavy atom. The Hall–Kier alpha value is -1.71. The van der Waals surface area contributed by atoms with Crippen molar-refractivity contribution in [2.24, 2.45) is 0 Å². The molecular weight excluding hydrogens is 256 g/mol. The molecule has 0 fully saturated rings. The average molecular weight is 278 g/mol. The largest absolute Gasteiger partial charge is 0.493 e. The van der Waals surface area contributed by atoms with Gasteiger partial charge >= 0.3 is 5.97 Å². The first kappa shape index (κ1) is 14.7. The highest BCUT2D eigenvalue weighted by Gasteiger charge is 2.28. The van der Waals surface area contributed by atoms with Gasteiger partial charge in [-0.15, -0.1) is 0 Å². The lowest BCUT2D eigenvalue weighted by molar-refractivity contribution is -0.144. The summed E-state index contributed by atoms with van der Waals surface area (Å²) in [5.74, 6) is 0.478. The Bertz CT molecular complexity index is 456. The SMILES string of the molecule is CCCCCCCOc1ccc2c(c1)OC(C(=O)O)C2. The predicted octanol–water partition coefficient (Wildman–Crippen LogP) is 3.42. The van der Waals surface area contributed by atoms with Crippen molar-refractivity contribution >= 4 is 5.97 Å². The summed E-state index contributed by atoms with van der Waals surface area (Å²) in [5, 5.41) is 8.94. The van der Waals surface area contributed by atoms with E-state index in [2.05, 4.69) is 6.92 Å². The number of carboxylic acids is 1. The van der Waals surface area contributed by atoms with Gasteiger partial charge in [0.2, 0.25) is 0 Å². The van der Waals surface area contributed by atoms with Crippen molar-refractivity contribution in [3.63, 3.8) is 0 Å². The van der Waals surface area contributed by atoms with Crippen LogP contribution in [0, 0.1) is 0 Å². The van der Waals surface area contributed by atoms with Gasteiger partial charge in [0.25, 0.3) is 0 Å². The zero-order valence-electron chi connectivity index (χ0n) is 11.9. The molecule has 2 rings (SSSR count). The molecule has 0 amide bonds. The van der Waals surface area contributed by atoms with E-state index < -0.39 is 12.1 Å². The summed E-state index contributed by atoms with van der Waals surface area (Å²) in [6.07, 6.45) is 5.70. The maximum atomic E-state index is 10.9.